The summed E-state index contributed by atoms with van der Waals surface area (Å²) in [4.78, 5) is 53.6. The van der Waals surface area contributed by atoms with Gasteiger partial charge in [0.15, 0.2) is 0 Å². The standard InChI is InChI=1S/C26H22N4O4/c27-23(32)16-11-13-17(14-12-16)28-22(31)10-5-15-29-24-18-6-1-2-7-19(18)26(34)30(24)21-9-4-3-8-20(21)25(29)33/h1-4,6-9,11-14,24H,5,10,15H2,(H2,27,32)(H,28,31). The van der Waals surface area contributed by atoms with Crippen LogP contribution in [0.1, 0.15) is 55.6 Å². The predicted molar refractivity (Wildman–Crippen MR) is 126 cm³/mol. The summed E-state index contributed by atoms with van der Waals surface area (Å²) in [6.07, 6.45) is 0.0704. The van der Waals surface area contributed by atoms with Gasteiger partial charge in [-0.25, -0.2) is 0 Å². The minimum atomic E-state index is -0.535. The summed E-state index contributed by atoms with van der Waals surface area (Å²) in [5, 5.41) is 2.78. The Labute approximate surface area is 196 Å². The molecule has 0 aromatic heterocycles. The molecule has 34 heavy (non-hydrogen) atoms. The van der Waals surface area contributed by atoms with E-state index in [-0.39, 0.29) is 24.1 Å². The first-order valence-electron chi connectivity index (χ1n) is 11.0. The molecule has 1 unspecified atom stereocenters. The number of hydrogen-bond acceptors (Lipinski definition) is 4. The van der Waals surface area contributed by atoms with Crippen LogP contribution in [0.5, 0.6) is 0 Å². The molecule has 0 saturated heterocycles. The molecule has 4 amide bonds. The van der Waals surface area contributed by atoms with Crippen molar-refractivity contribution < 1.29 is 19.2 Å². The number of nitrogens with two attached hydrogens (primary N) is 1. The number of rotatable bonds is 6. The van der Waals surface area contributed by atoms with Crippen LogP contribution in [0.4, 0.5) is 11.4 Å². The summed E-state index contributed by atoms with van der Waals surface area (Å²) in [6.45, 7) is 0.310. The summed E-state index contributed by atoms with van der Waals surface area (Å²) in [5.41, 5.74) is 8.59. The van der Waals surface area contributed by atoms with Crippen molar-refractivity contribution in [1.82, 2.24) is 4.90 Å². The van der Waals surface area contributed by atoms with E-state index in [2.05, 4.69) is 5.32 Å². The maximum absolute atomic E-state index is 13.4. The number of carbonyl (C=O) groups excluding carboxylic acids is 4. The largest absolute Gasteiger partial charge is 0.366 e. The number of amides is 4. The lowest BCUT2D eigenvalue weighted by Gasteiger charge is -2.41. The van der Waals surface area contributed by atoms with E-state index in [0.29, 0.717) is 41.0 Å². The van der Waals surface area contributed by atoms with Gasteiger partial charge < -0.3 is 16.0 Å². The molecule has 0 bridgehead atoms. The predicted octanol–water partition coefficient (Wildman–Crippen LogP) is 3.32. The van der Waals surface area contributed by atoms with Crippen LogP contribution >= 0.6 is 0 Å². The van der Waals surface area contributed by atoms with Gasteiger partial charge in [0.05, 0.1) is 11.3 Å². The fourth-order valence-electron chi connectivity index (χ4n) is 4.55. The molecule has 2 heterocycles. The average Bonchev–Trinajstić information content (AvgIpc) is 3.14. The lowest BCUT2D eigenvalue weighted by atomic mass is 10.0. The van der Waals surface area contributed by atoms with Crippen LogP contribution in [-0.4, -0.2) is 35.1 Å². The first-order chi connectivity index (χ1) is 16.5. The maximum Gasteiger partial charge on any atom is 0.260 e. The molecule has 0 fully saturated rings. The van der Waals surface area contributed by atoms with E-state index in [9.17, 15) is 19.2 Å². The molecule has 0 radical (unpaired) electrons. The van der Waals surface area contributed by atoms with E-state index in [4.69, 9.17) is 5.73 Å². The third-order valence-electron chi connectivity index (χ3n) is 6.14. The number of benzene rings is 3. The van der Waals surface area contributed by atoms with Gasteiger partial charge in [0, 0.05) is 35.3 Å². The number of carbonyl (C=O) groups is 4. The van der Waals surface area contributed by atoms with Gasteiger partial charge in [-0.15, -0.1) is 0 Å². The Bertz CT molecular complexity index is 1320. The SMILES string of the molecule is NC(=O)c1ccc(NC(=O)CCCN2C(=O)c3ccccc3N3C(=O)c4ccccc4C23)cc1. The fourth-order valence-corrected chi connectivity index (χ4v) is 4.55. The van der Waals surface area contributed by atoms with Crippen molar-refractivity contribution >= 4 is 35.0 Å². The van der Waals surface area contributed by atoms with Crippen LogP contribution < -0.4 is 16.0 Å². The molecular formula is C26H22N4O4. The van der Waals surface area contributed by atoms with E-state index < -0.39 is 12.1 Å². The molecule has 2 aliphatic heterocycles. The van der Waals surface area contributed by atoms with Crippen LogP contribution in [0.3, 0.4) is 0 Å². The van der Waals surface area contributed by atoms with Crippen LogP contribution in [0.15, 0.2) is 72.8 Å². The quantitative estimate of drug-likeness (QED) is 0.595. The van der Waals surface area contributed by atoms with Crippen LogP contribution in [0.25, 0.3) is 0 Å². The number of hydrogen-bond donors (Lipinski definition) is 2. The van der Waals surface area contributed by atoms with Crippen molar-refractivity contribution in [3.8, 4) is 0 Å². The monoisotopic (exact) mass is 454 g/mol. The van der Waals surface area contributed by atoms with Gasteiger partial charge in [-0.05, 0) is 48.9 Å². The lowest BCUT2D eigenvalue weighted by molar-refractivity contribution is -0.116. The molecule has 0 aliphatic carbocycles. The number of nitrogens with zero attached hydrogens (tertiary/aromatic N) is 2. The number of nitrogens with one attached hydrogen (secondary N) is 1. The summed E-state index contributed by atoms with van der Waals surface area (Å²) in [7, 11) is 0. The van der Waals surface area contributed by atoms with E-state index in [1.807, 2.05) is 24.3 Å². The molecular weight excluding hydrogens is 432 g/mol. The Morgan fingerprint density at radius 3 is 2.26 bits per heavy atom. The minimum Gasteiger partial charge on any atom is -0.366 e. The normalized spacial score (nSPS) is 16.1. The van der Waals surface area contributed by atoms with Crippen molar-refractivity contribution in [3.63, 3.8) is 0 Å². The topological polar surface area (TPSA) is 113 Å². The highest BCUT2D eigenvalue weighted by Crippen LogP contribution is 2.45. The second kappa shape index (κ2) is 8.47. The molecule has 8 heteroatoms. The Morgan fingerprint density at radius 2 is 1.53 bits per heavy atom. The first-order valence-corrected chi connectivity index (χ1v) is 11.0. The number of anilines is 2. The second-order valence-electron chi connectivity index (χ2n) is 8.25. The number of primary amides is 1. The van der Waals surface area contributed by atoms with E-state index in [0.717, 1.165) is 5.56 Å². The van der Waals surface area contributed by atoms with E-state index in [1.54, 1.807) is 58.3 Å². The lowest BCUT2D eigenvalue weighted by Crippen LogP contribution is -2.48. The Balaban J connectivity index is 1.32. The molecule has 170 valence electrons. The number of para-hydroxylation sites is 1. The summed E-state index contributed by atoms with van der Waals surface area (Å²) >= 11 is 0. The van der Waals surface area contributed by atoms with Crippen LogP contribution in [-0.2, 0) is 4.79 Å². The number of fused-ring (bicyclic) bond motifs is 5. The molecule has 5 rings (SSSR count). The molecule has 3 aromatic rings. The van der Waals surface area contributed by atoms with Gasteiger partial charge in [0.1, 0.15) is 6.17 Å². The van der Waals surface area contributed by atoms with Gasteiger partial charge in [-0.2, -0.15) is 0 Å². The van der Waals surface area contributed by atoms with Crippen molar-refractivity contribution in [2.24, 2.45) is 5.73 Å². The van der Waals surface area contributed by atoms with Gasteiger partial charge in [0.25, 0.3) is 11.8 Å². The summed E-state index contributed by atoms with van der Waals surface area (Å²) < 4.78 is 0. The zero-order valence-electron chi connectivity index (χ0n) is 18.2. The van der Waals surface area contributed by atoms with Gasteiger partial charge in [0.2, 0.25) is 11.8 Å². The third-order valence-corrected chi connectivity index (χ3v) is 6.14. The molecule has 2 aliphatic rings. The Kier molecular flexibility index (Phi) is 5.33. The van der Waals surface area contributed by atoms with E-state index in [1.165, 1.54) is 0 Å². The zero-order chi connectivity index (χ0) is 23.8. The van der Waals surface area contributed by atoms with E-state index >= 15 is 0 Å². The Morgan fingerprint density at radius 1 is 0.853 bits per heavy atom. The first kappa shape index (κ1) is 21.4. The van der Waals surface area contributed by atoms with Crippen molar-refractivity contribution in [3.05, 3.63) is 95.1 Å². The highest BCUT2D eigenvalue weighted by atomic mass is 16.2. The maximum atomic E-state index is 13.4. The average molecular weight is 454 g/mol. The van der Waals surface area contributed by atoms with Crippen LogP contribution in [0, 0.1) is 0 Å². The highest BCUT2D eigenvalue weighted by molar-refractivity contribution is 6.16. The minimum absolute atomic E-state index is 0.136. The van der Waals surface area contributed by atoms with Crippen molar-refractivity contribution in [1.29, 1.82) is 0 Å². The third kappa shape index (κ3) is 3.59. The summed E-state index contributed by atoms with van der Waals surface area (Å²) in [6, 6.07) is 20.7. The zero-order valence-corrected chi connectivity index (χ0v) is 18.2. The molecule has 0 spiro atoms. The molecule has 1 atom stereocenters. The molecule has 3 aromatic carbocycles. The van der Waals surface area contributed by atoms with Crippen molar-refractivity contribution in [2.75, 3.05) is 16.8 Å². The molecule has 3 N–H and O–H groups in total. The molecule has 0 saturated carbocycles. The highest BCUT2D eigenvalue weighted by Gasteiger charge is 2.47. The Hall–Kier alpha value is -4.46. The fraction of sp³-hybridized carbons (Fsp3) is 0.154. The molecule has 8 nitrogen and oxygen atoms in total. The van der Waals surface area contributed by atoms with Gasteiger partial charge >= 0.3 is 0 Å². The smallest absolute Gasteiger partial charge is 0.260 e. The van der Waals surface area contributed by atoms with Crippen LogP contribution in [0.2, 0.25) is 0 Å². The second-order valence-corrected chi connectivity index (χ2v) is 8.25. The summed E-state index contributed by atoms with van der Waals surface area (Å²) in [5.74, 6) is -1.05. The van der Waals surface area contributed by atoms with Gasteiger partial charge in [-0.3, -0.25) is 24.1 Å². The van der Waals surface area contributed by atoms with Crippen molar-refractivity contribution in [2.45, 2.75) is 19.0 Å². The van der Waals surface area contributed by atoms with Gasteiger partial charge in [-0.1, -0.05) is 30.3 Å².